The molecule has 2 aromatic rings. The summed E-state index contributed by atoms with van der Waals surface area (Å²) >= 11 is 0. The van der Waals surface area contributed by atoms with E-state index in [1.54, 1.807) is 12.1 Å². The fourth-order valence-corrected chi connectivity index (χ4v) is 2.59. The summed E-state index contributed by atoms with van der Waals surface area (Å²) in [5.74, 6) is -0.665. The number of carbonyl (C=O) groups excluding carboxylic acids is 2. The molecular weight excluding hydrogens is 304 g/mol. The molecule has 0 aromatic heterocycles. The van der Waals surface area contributed by atoms with Gasteiger partial charge in [-0.25, -0.2) is 9.59 Å². The molecule has 116 valence electrons. The van der Waals surface area contributed by atoms with Crippen LogP contribution in [0.2, 0.25) is 0 Å². The topological polar surface area (TPSA) is 102 Å². The van der Waals surface area contributed by atoms with Crippen molar-refractivity contribution in [2.24, 2.45) is 0 Å². The van der Waals surface area contributed by atoms with Gasteiger partial charge < -0.3 is 24.4 Å². The van der Waals surface area contributed by atoms with Crippen molar-refractivity contribution in [1.29, 1.82) is 0 Å². The molecule has 0 fully saturated rings. The van der Waals surface area contributed by atoms with Crippen molar-refractivity contribution < 1.29 is 34.0 Å². The zero-order valence-corrected chi connectivity index (χ0v) is 11.6. The van der Waals surface area contributed by atoms with Crippen molar-refractivity contribution in [3.05, 3.63) is 58.7 Å². The Morgan fingerprint density at radius 1 is 0.826 bits per heavy atom. The smallest absolute Gasteiger partial charge is 0.347 e. The molecule has 0 aliphatic carbocycles. The molecule has 2 N–H and O–H groups in total. The van der Waals surface area contributed by atoms with E-state index in [0.717, 1.165) is 0 Å². The predicted octanol–water partition coefficient (Wildman–Crippen LogP) is 1.80. The van der Waals surface area contributed by atoms with Crippen molar-refractivity contribution in [3.8, 4) is 11.5 Å². The summed E-state index contributed by atoms with van der Waals surface area (Å²) in [7, 11) is 0. The number of hydrogen-bond acceptors (Lipinski definition) is 7. The third-order valence-corrected chi connectivity index (χ3v) is 3.70. The minimum Gasteiger partial charge on any atom is -0.457 e. The summed E-state index contributed by atoms with van der Waals surface area (Å²) in [6, 6.07) is 9.11. The van der Waals surface area contributed by atoms with Gasteiger partial charge in [0.15, 0.2) is 12.6 Å². The van der Waals surface area contributed by atoms with Crippen molar-refractivity contribution in [3.63, 3.8) is 0 Å². The average molecular weight is 314 g/mol. The van der Waals surface area contributed by atoms with E-state index in [4.69, 9.17) is 9.47 Å². The highest BCUT2D eigenvalue weighted by Gasteiger charge is 2.31. The van der Waals surface area contributed by atoms with Gasteiger partial charge in [0.25, 0.3) is 0 Å². The van der Waals surface area contributed by atoms with Crippen molar-refractivity contribution in [2.75, 3.05) is 0 Å². The number of esters is 2. The molecule has 2 aliphatic rings. The molecule has 7 nitrogen and oxygen atoms in total. The van der Waals surface area contributed by atoms with Gasteiger partial charge in [0.2, 0.25) is 0 Å². The lowest BCUT2D eigenvalue weighted by molar-refractivity contribution is -0.193. The summed E-state index contributed by atoms with van der Waals surface area (Å²) < 4.78 is 15.0. The molecule has 0 saturated carbocycles. The highest BCUT2D eigenvalue weighted by atomic mass is 16.7. The molecule has 2 aliphatic heterocycles. The lowest BCUT2D eigenvalue weighted by atomic mass is 10.1. The monoisotopic (exact) mass is 314 g/mol. The highest BCUT2D eigenvalue weighted by molar-refractivity contribution is 6.14. The first-order valence-electron chi connectivity index (χ1n) is 6.77. The van der Waals surface area contributed by atoms with Crippen LogP contribution in [0.5, 0.6) is 11.5 Å². The molecule has 0 saturated heterocycles. The first-order chi connectivity index (χ1) is 11.0. The third-order valence-electron chi connectivity index (χ3n) is 3.70. The number of carbonyl (C=O) groups is 2. The van der Waals surface area contributed by atoms with Gasteiger partial charge in [0.05, 0.1) is 11.1 Å². The fourth-order valence-electron chi connectivity index (χ4n) is 2.59. The third kappa shape index (κ3) is 2.18. The number of aliphatic hydroxyl groups is 2. The van der Waals surface area contributed by atoms with Crippen LogP contribution in [-0.2, 0) is 9.47 Å². The number of cyclic esters (lactones) is 2. The van der Waals surface area contributed by atoms with E-state index in [9.17, 15) is 19.8 Å². The second-order valence-corrected chi connectivity index (χ2v) is 5.12. The maximum Gasteiger partial charge on any atom is 0.347 e. The molecule has 0 bridgehead atoms. The molecule has 0 spiro atoms. The summed E-state index contributed by atoms with van der Waals surface area (Å²) in [6.45, 7) is 0. The molecular formula is C16H10O7. The number of ether oxygens (including phenoxy) is 3. The summed E-state index contributed by atoms with van der Waals surface area (Å²) in [5, 5.41) is 19.3. The zero-order valence-electron chi connectivity index (χ0n) is 11.6. The quantitative estimate of drug-likeness (QED) is 0.643. The van der Waals surface area contributed by atoms with Crippen LogP contribution in [0.1, 0.15) is 44.4 Å². The lowest BCUT2D eigenvalue weighted by Crippen LogP contribution is -1.97. The second-order valence-electron chi connectivity index (χ2n) is 5.12. The van der Waals surface area contributed by atoms with Gasteiger partial charge in [0, 0.05) is 11.1 Å². The van der Waals surface area contributed by atoms with E-state index >= 15 is 0 Å². The second kappa shape index (κ2) is 4.88. The predicted molar refractivity (Wildman–Crippen MR) is 73.7 cm³/mol. The Bertz CT molecular complexity index is 842. The molecule has 23 heavy (non-hydrogen) atoms. The molecule has 7 heteroatoms. The molecule has 2 unspecified atom stereocenters. The van der Waals surface area contributed by atoms with Gasteiger partial charge in [-0.05, 0) is 36.4 Å². The largest absolute Gasteiger partial charge is 0.457 e. The molecule has 2 heterocycles. The molecule has 2 atom stereocenters. The summed E-state index contributed by atoms with van der Waals surface area (Å²) in [4.78, 5) is 22.9. The summed E-state index contributed by atoms with van der Waals surface area (Å²) in [5.41, 5.74) is 1.22. The minimum absolute atomic E-state index is 0.146. The van der Waals surface area contributed by atoms with Crippen molar-refractivity contribution in [2.45, 2.75) is 12.6 Å². The van der Waals surface area contributed by atoms with E-state index in [0.29, 0.717) is 22.6 Å². The van der Waals surface area contributed by atoms with Crippen LogP contribution in [0.3, 0.4) is 0 Å². The Morgan fingerprint density at radius 3 is 2.30 bits per heavy atom. The van der Waals surface area contributed by atoms with Crippen LogP contribution in [-0.4, -0.2) is 22.2 Å². The first kappa shape index (κ1) is 13.9. The van der Waals surface area contributed by atoms with Gasteiger partial charge in [-0.15, -0.1) is 0 Å². The fraction of sp³-hybridized carbons (Fsp3) is 0.125. The van der Waals surface area contributed by atoms with E-state index in [2.05, 4.69) is 4.74 Å². The Morgan fingerprint density at radius 2 is 1.48 bits per heavy atom. The van der Waals surface area contributed by atoms with Gasteiger partial charge in [0.1, 0.15) is 11.5 Å². The molecule has 4 rings (SSSR count). The Kier molecular flexibility index (Phi) is 2.95. The highest BCUT2D eigenvalue weighted by Crippen LogP contribution is 2.38. The van der Waals surface area contributed by atoms with E-state index < -0.39 is 24.5 Å². The number of hydrogen-bond donors (Lipinski definition) is 2. The normalized spacial score (nSPS) is 21.8. The standard InChI is InChI=1S/C16H10O7/c17-13-9-3-1-7(5-11(9)15(19)22-13)21-8-2-4-10-12(6-8)16(20)23-14(10)18/h1-6,13,15,17,19H. The van der Waals surface area contributed by atoms with Crippen LogP contribution < -0.4 is 4.74 Å². The van der Waals surface area contributed by atoms with Crippen molar-refractivity contribution >= 4 is 11.9 Å². The number of benzene rings is 2. The van der Waals surface area contributed by atoms with Crippen LogP contribution >= 0.6 is 0 Å². The van der Waals surface area contributed by atoms with E-state index in [-0.39, 0.29) is 11.1 Å². The Balaban J connectivity index is 1.65. The van der Waals surface area contributed by atoms with Crippen LogP contribution in [0.4, 0.5) is 0 Å². The minimum atomic E-state index is -1.23. The molecule has 0 radical (unpaired) electrons. The van der Waals surface area contributed by atoms with E-state index in [1.807, 2.05) is 0 Å². The maximum absolute atomic E-state index is 11.5. The number of fused-ring (bicyclic) bond motifs is 2. The maximum atomic E-state index is 11.5. The van der Waals surface area contributed by atoms with E-state index in [1.165, 1.54) is 24.3 Å². The van der Waals surface area contributed by atoms with Gasteiger partial charge in [-0.3, -0.25) is 0 Å². The van der Waals surface area contributed by atoms with Crippen LogP contribution in [0, 0.1) is 0 Å². The van der Waals surface area contributed by atoms with Gasteiger partial charge in [-0.2, -0.15) is 0 Å². The Labute approximate surface area is 129 Å². The summed E-state index contributed by atoms with van der Waals surface area (Å²) in [6.07, 6.45) is -2.40. The number of aliphatic hydroxyl groups excluding tert-OH is 2. The number of rotatable bonds is 2. The lowest BCUT2D eigenvalue weighted by Gasteiger charge is -2.08. The average Bonchev–Trinajstić information content (AvgIpc) is 2.96. The van der Waals surface area contributed by atoms with Gasteiger partial charge in [-0.1, -0.05) is 0 Å². The van der Waals surface area contributed by atoms with Crippen molar-refractivity contribution in [1.82, 2.24) is 0 Å². The molecule has 0 amide bonds. The van der Waals surface area contributed by atoms with Gasteiger partial charge >= 0.3 is 11.9 Å². The SMILES string of the molecule is O=C1OC(=O)c2cc(Oc3ccc4c(c3)C(O)OC4O)ccc21. The first-order valence-corrected chi connectivity index (χ1v) is 6.77. The Hall–Kier alpha value is -2.74. The zero-order chi connectivity index (χ0) is 16.1. The van der Waals surface area contributed by atoms with Crippen LogP contribution in [0.15, 0.2) is 36.4 Å². The molecule has 2 aromatic carbocycles. The van der Waals surface area contributed by atoms with Crippen LogP contribution in [0.25, 0.3) is 0 Å².